The Morgan fingerprint density at radius 3 is 1.17 bits per heavy atom. The van der Waals surface area contributed by atoms with Crippen molar-refractivity contribution < 1.29 is 88.4 Å². The van der Waals surface area contributed by atoms with Crippen molar-refractivity contribution in [1.29, 1.82) is 0 Å². The van der Waals surface area contributed by atoms with E-state index in [0.717, 1.165) is 125 Å². The number of pyridine rings is 3. The molecule has 24 nitrogen and oxygen atoms in total. The number of terminal acetylenes is 3. The summed E-state index contributed by atoms with van der Waals surface area (Å²) in [5.41, 5.74) is 11.9. The molecule has 0 unspecified atom stereocenters. The number of hydrogen-bond acceptors (Lipinski definition) is 17. The summed E-state index contributed by atoms with van der Waals surface area (Å²) in [6.07, 6.45) is 28.6. The Balaban J connectivity index is 0.000000344. The number of carboxylic acid groups (broad SMARTS) is 2. The largest absolute Gasteiger partial charge is 1.00 e. The number of ketones is 2. The number of amides is 5. The molecule has 3 aromatic rings. The number of nitrogens with zero attached hydrogens (tertiary/aromatic N) is 6. The van der Waals surface area contributed by atoms with Crippen LogP contribution in [0.3, 0.4) is 0 Å². The smallest absolute Gasteiger partial charge is 0.870 e. The number of aryl methyl sites for hydroxylation is 6. The van der Waals surface area contributed by atoms with Crippen LogP contribution >= 0.6 is 0 Å². The summed E-state index contributed by atoms with van der Waals surface area (Å²) in [7, 11) is 0. The first kappa shape index (κ1) is 80.3. The molecule has 504 valence electrons. The first-order valence-electron chi connectivity index (χ1n) is 31.7. The molecule has 9 heterocycles. The predicted octanol–water partition coefficient (Wildman–Crippen LogP) is 1.99. The zero-order chi connectivity index (χ0) is 66.3. The number of hydrogen-bond donors (Lipinski definition) is 8. The average Bonchev–Trinajstić information content (AvgIpc) is 1.58. The van der Waals surface area contributed by atoms with Crippen molar-refractivity contribution in [2.24, 2.45) is 23.5 Å². The van der Waals surface area contributed by atoms with Gasteiger partial charge in [0, 0.05) is 85.4 Å². The number of carbonyl (C=O) groups is 9. The van der Waals surface area contributed by atoms with Crippen LogP contribution in [0.5, 0.6) is 0 Å². The number of anilines is 3. The van der Waals surface area contributed by atoms with E-state index >= 15 is 0 Å². The number of nitrogens with one attached hydrogen (secondary N) is 5. The summed E-state index contributed by atoms with van der Waals surface area (Å²) in [4.78, 5) is 124. The Labute approximate surface area is 575 Å². The molecule has 0 spiro atoms. The molecule has 94 heavy (non-hydrogen) atoms. The van der Waals surface area contributed by atoms with E-state index in [1.54, 1.807) is 9.80 Å². The van der Waals surface area contributed by atoms with Gasteiger partial charge in [0.25, 0.3) is 0 Å². The molecule has 9 atom stereocenters. The second-order valence-electron chi connectivity index (χ2n) is 24.5. The molecule has 9 rings (SSSR count). The number of aliphatic carboxylic acids is 2. The minimum absolute atomic E-state index is 0. The molecule has 0 aromatic carbocycles. The molecule has 3 fully saturated rings. The van der Waals surface area contributed by atoms with Gasteiger partial charge in [0.05, 0.1) is 31.6 Å². The number of aromatic nitrogens is 3. The second kappa shape index (κ2) is 39.7. The van der Waals surface area contributed by atoms with Gasteiger partial charge in [0.2, 0.25) is 29.5 Å². The number of carbonyl (C=O) groups excluding carboxylic acids is 7. The van der Waals surface area contributed by atoms with Gasteiger partial charge in [-0.15, -0.1) is 19.3 Å². The number of Topliss-reactive ketones (excluding diaryl/α,β-unsaturated/α-hetero) is 2. The molecule has 3 saturated heterocycles. The van der Waals surface area contributed by atoms with E-state index < -0.39 is 36.0 Å². The van der Waals surface area contributed by atoms with Crippen LogP contribution in [0.25, 0.3) is 0 Å². The van der Waals surface area contributed by atoms with Gasteiger partial charge in [-0.2, -0.15) is 0 Å². The predicted molar refractivity (Wildman–Crippen MR) is 353 cm³/mol. The molecule has 6 aliphatic rings. The number of nitrogens with two attached hydrogens (primary N) is 1. The zero-order valence-electron chi connectivity index (χ0n) is 54.6. The summed E-state index contributed by atoms with van der Waals surface area (Å²) < 4.78 is 0. The van der Waals surface area contributed by atoms with E-state index in [1.807, 2.05) is 32.9 Å². The van der Waals surface area contributed by atoms with Crippen LogP contribution in [0, 0.1) is 54.8 Å². The van der Waals surface area contributed by atoms with E-state index in [0.29, 0.717) is 25.7 Å². The quantitative estimate of drug-likeness (QED) is 0.0497. The third kappa shape index (κ3) is 24.8. The number of fused-ring (bicyclic) bond motifs is 3. The van der Waals surface area contributed by atoms with Gasteiger partial charge in [0.15, 0.2) is 0 Å². The molecule has 0 bridgehead atoms. The third-order valence-electron chi connectivity index (χ3n) is 17.1. The van der Waals surface area contributed by atoms with Crippen molar-refractivity contribution >= 4 is 70.5 Å². The van der Waals surface area contributed by atoms with Crippen LogP contribution in [0.4, 0.5) is 17.5 Å². The number of rotatable bonds is 23. The van der Waals surface area contributed by atoms with E-state index in [4.69, 9.17) is 40.2 Å². The van der Waals surface area contributed by atoms with Crippen molar-refractivity contribution in [3.8, 4) is 37.0 Å². The van der Waals surface area contributed by atoms with Gasteiger partial charge in [-0.05, 0) is 166 Å². The SMILES string of the molecule is C.C#C[C@@H](N)CC(C)=O.C#C[C@H](CC(=O)O)NC(=O)CN1C(=O)[C@@H](CCc2ccc3c(n2)NCCC3)C[C@H]1C.C#C[C@H](CC(C)=O)NC(=O)CN1C(=O)[C@@H](CCc2ccc3c(n2)NCCC3)C[C@H]1C.C[C@@H]1C[C@H](CCc2ccc3c(n2)NCCC3)C(=O)N1CC(=O)O.[Na+].[OH-]. The fraction of sp³-hybridized carbons (Fsp3) is 0.565. The summed E-state index contributed by atoms with van der Waals surface area (Å²) in [6, 6.07) is 10.5. The first-order valence-corrected chi connectivity index (χ1v) is 31.7. The summed E-state index contributed by atoms with van der Waals surface area (Å²) in [5.74, 6) is 6.52. The van der Waals surface area contributed by atoms with Crippen LogP contribution < -0.4 is 61.9 Å². The molecule has 0 aliphatic carbocycles. The van der Waals surface area contributed by atoms with Gasteiger partial charge >= 0.3 is 41.5 Å². The summed E-state index contributed by atoms with van der Waals surface area (Å²) in [6.45, 7) is 11.2. The minimum atomic E-state index is -1.09. The van der Waals surface area contributed by atoms with E-state index in [9.17, 15) is 43.2 Å². The van der Waals surface area contributed by atoms with Crippen molar-refractivity contribution in [3.63, 3.8) is 0 Å². The second-order valence-corrected chi connectivity index (χ2v) is 24.5. The van der Waals surface area contributed by atoms with Gasteiger partial charge in [-0.1, -0.05) is 43.4 Å². The van der Waals surface area contributed by atoms with Crippen LogP contribution in [-0.2, 0) is 81.7 Å². The topological polar surface area (TPSA) is 359 Å². The van der Waals surface area contributed by atoms with Gasteiger partial charge in [-0.3, -0.25) is 43.2 Å². The summed E-state index contributed by atoms with van der Waals surface area (Å²) >= 11 is 0. The Kier molecular flexibility index (Phi) is 33.9. The molecule has 10 N–H and O–H groups in total. The van der Waals surface area contributed by atoms with Crippen molar-refractivity contribution in [2.45, 2.75) is 194 Å². The van der Waals surface area contributed by atoms with E-state index in [2.05, 4.69) is 78.6 Å². The average molecular weight is 1310 g/mol. The Bertz CT molecular complexity index is 3110. The maximum Gasteiger partial charge on any atom is 1.00 e. The summed E-state index contributed by atoms with van der Waals surface area (Å²) in [5, 5.41) is 32.9. The molecule has 25 heteroatoms. The molecular weight excluding hydrogens is 1210 g/mol. The standard InChI is InChI=1S/C23H30N4O3.C22H28N4O4.C17H23N3O3.C6H9NO.CH4.Na.H2O/c1-4-19(13-16(3)28)25-21(29)14-27-15(2)12-18(23(27)30)8-10-20-9-7-17-6-5-11-24-22(17)26-20;1-3-17(12-20(28)29)24-19(27)13-26-14(2)11-16(22(26)30)7-9-18-8-6-15-5-4-10-23-21(15)25-18;1-11-9-13(17(23)20(11)10-15(21)22)5-7-14-6-4-12-3-2-8-18-16(12)19-14;1-3-6(7)4-5(2)8;;;/h1,7,9,15,18-19H,5-6,8,10-14H2,2-3H3,(H,24,26)(H,25,29);1,6,8,14,16-17H,4-5,7,9-13H2,2H3,(H,23,25)(H,24,27)(H,28,29);4,6,11,13H,2-3,5,7-10H2,1H3,(H,18,19)(H,21,22);1,6H,4,7H2,2H3;1H4;;1H2/q;;;;;+1;/p-1/t15-,18+,19-;14-,16+,17-;11-,13+;6-;;;/m1111.../s1. The molecule has 5 amide bonds. The van der Waals surface area contributed by atoms with Crippen LogP contribution in [0.15, 0.2) is 36.4 Å². The number of carboxylic acids is 2. The monoisotopic (exact) mass is 1310 g/mol. The van der Waals surface area contributed by atoms with Crippen LogP contribution in [0.2, 0.25) is 0 Å². The maximum absolute atomic E-state index is 12.9. The third-order valence-corrected chi connectivity index (χ3v) is 17.1. The molecular formula is C69H95N12NaO12. The van der Waals surface area contributed by atoms with Gasteiger partial charge in [0.1, 0.15) is 41.6 Å². The fourth-order valence-corrected chi connectivity index (χ4v) is 12.3. The van der Waals surface area contributed by atoms with Crippen molar-refractivity contribution in [3.05, 3.63) is 70.2 Å². The van der Waals surface area contributed by atoms with Crippen molar-refractivity contribution in [1.82, 2.24) is 40.3 Å². The Morgan fingerprint density at radius 2 is 0.883 bits per heavy atom. The zero-order valence-corrected chi connectivity index (χ0v) is 56.6. The molecule has 0 radical (unpaired) electrons. The van der Waals surface area contributed by atoms with Crippen LogP contribution in [-0.4, -0.2) is 174 Å². The fourth-order valence-electron chi connectivity index (χ4n) is 12.3. The van der Waals surface area contributed by atoms with Gasteiger partial charge < -0.3 is 62.7 Å². The van der Waals surface area contributed by atoms with E-state index in [1.165, 1.54) is 35.4 Å². The molecule has 6 aliphatic heterocycles. The molecule has 3 aromatic heterocycles. The Morgan fingerprint density at radius 1 is 0.553 bits per heavy atom. The first-order chi connectivity index (χ1) is 43.4. The normalized spacial score (nSPS) is 20.4. The number of likely N-dealkylation sites (tertiary alicyclic amines) is 3. The maximum atomic E-state index is 12.9. The van der Waals surface area contributed by atoms with Crippen molar-refractivity contribution in [2.75, 3.05) is 55.2 Å². The molecule has 0 saturated carbocycles. The van der Waals surface area contributed by atoms with Crippen LogP contribution in [0.1, 0.15) is 153 Å². The Hall–Kier alpha value is -7.92. The minimum Gasteiger partial charge on any atom is -0.870 e. The van der Waals surface area contributed by atoms with Gasteiger partial charge in [-0.25, -0.2) is 15.0 Å². The van der Waals surface area contributed by atoms with E-state index in [-0.39, 0.29) is 152 Å².